The minimum atomic E-state index is -0.485. The molecule has 0 atom stereocenters. The highest BCUT2D eigenvalue weighted by molar-refractivity contribution is 9.10. The van der Waals surface area contributed by atoms with Crippen molar-refractivity contribution in [2.75, 3.05) is 11.1 Å². The van der Waals surface area contributed by atoms with Crippen LogP contribution >= 0.6 is 27.7 Å². The maximum Gasteiger partial charge on any atom is 0.234 e. The first-order valence-electron chi connectivity index (χ1n) is 8.36. The Bertz CT molecular complexity index is 976. The van der Waals surface area contributed by atoms with Crippen molar-refractivity contribution in [3.8, 4) is 11.4 Å². The summed E-state index contributed by atoms with van der Waals surface area (Å²) in [5.41, 5.74) is 2.28. The lowest BCUT2D eigenvalue weighted by atomic mass is 10.1. The van der Waals surface area contributed by atoms with Gasteiger partial charge in [0.2, 0.25) is 5.91 Å². The standard InChI is InChI=1S/C19H18BrFN4OS/c1-3-25-18(14-7-5-4-6-12(14)2)23-24-19(25)27-11-17(26)22-16-9-8-13(20)10-15(16)21/h4-10H,3,11H2,1-2H3,(H,22,26). The van der Waals surface area contributed by atoms with Gasteiger partial charge in [0.05, 0.1) is 11.4 Å². The Hall–Kier alpha value is -2.19. The maximum atomic E-state index is 13.8. The third-order valence-corrected chi connectivity index (χ3v) is 5.42. The van der Waals surface area contributed by atoms with Gasteiger partial charge in [-0.25, -0.2) is 4.39 Å². The summed E-state index contributed by atoms with van der Waals surface area (Å²) in [4.78, 5) is 12.2. The van der Waals surface area contributed by atoms with Gasteiger partial charge in [0.25, 0.3) is 0 Å². The Morgan fingerprint density at radius 3 is 2.74 bits per heavy atom. The van der Waals surface area contributed by atoms with Gasteiger partial charge >= 0.3 is 0 Å². The van der Waals surface area contributed by atoms with Crippen LogP contribution in [0.1, 0.15) is 12.5 Å². The number of rotatable bonds is 6. The lowest BCUT2D eigenvalue weighted by molar-refractivity contribution is -0.113. The Balaban J connectivity index is 1.71. The molecular weight excluding hydrogens is 431 g/mol. The van der Waals surface area contributed by atoms with Crippen molar-refractivity contribution in [2.24, 2.45) is 0 Å². The molecule has 140 valence electrons. The molecule has 8 heteroatoms. The van der Waals surface area contributed by atoms with Crippen LogP contribution in [0.2, 0.25) is 0 Å². The zero-order valence-electron chi connectivity index (χ0n) is 14.9. The summed E-state index contributed by atoms with van der Waals surface area (Å²) in [5.74, 6) is 0.101. The molecule has 2 aromatic carbocycles. The summed E-state index contributed by atoms with van der Waals surface area (Å²) < 4.78 is 16.4. The lowest BCUT2D eigenvalue weighted by Gasteiger charge is -2.09. The molecule has 0 aliphatic carbocycles. The fourth-order valence-electron chi connectivity index (χ4n) is 2.61. The molecular formula is C19H18BrFN4OS. The molecule has 0 saturated heterocycles. The highest BCUT2D eigenvalue weighted by atomic mass is 79.9. The Kier molecular flexibility index (Phi) is 6.28. The van der Waals surface area contributed by atoms with E-state index in [1.165, 1.54) is 23.9 Å². The van der Waals surface area contributed by atoms with Crippen molar-refractivity contribution in [2.45, 2.75) is 25.5 Å². The minimum absolute atomic E-state index is 0.113. The molecule has 3 rings (SSSR count). The van der Waals surface area contributed by atoms with Gasteiger partial charge in [-0.15, -0.1) is 10.2 Å². The number of aromatic nitrogens is 3. The van der Waals surface area contributed by atoms with E-state index in [2.05, 4.69) is 31.4 Å². The predicted octanol–water partition coefficient (Wildman–Crippen LogP) is 4.91. The van der Waals surface area contributed by atoms with Crippen molar-refractivity contribution >= 4 is 39.3 Å². The number of hydrogen-bond donors (Lipinski definition) is 1. The van der Waals surface area contributed by atoms with Crippen molar-refractivity contribution in [1.29, 1.82) is 0 Å². The van der Waals surface area contributed by atoms with Gasteiger partial charge in [-0.05, 0) is 37.6 Å². The second-order valence-corrected chi connectivity index (χ2v) is 7.68. The second-order valence-electron chi connectivity index (χ2n) is 5.83. The fraction of sp³-hybridized carbons (Fsp3) is 0.211. The highest BCUT2D eigenvalue weighted by Gasteiger charge is 2.16. The molecule has 1 amide bonds. The lowest BCUT2D eigenvalue weighted by Crippen LogP contribution is -2.15. The molecule has 1 aromatic heterocycles. The van der Waals surface area contributed by atoms with Gasteiger partial charge < -0.3 is 9.88 Å². The number of nitrogens with one attached hydrogen (secondary N) is 1. The van der Waals surface area contributed by atoms with Gasteiger partial charge in [0.1, 0.15) is 5.82 Å². The first-order chi connectivity index (χ1) is 13.0. The van der Waals surface area contributed by atoms with E-state index in [1.54, 1.807) is 6.07 Å². The molecule has 1 N–H and O–H groups in total. The number of aryl methyl sites for hydroxylation is 1. The summed E-state index contributed by atoms with van der Waals surface area (Å²) in [6.07, 6.45) is 0. The number of nitrogens with zero attached hydrogens (tertiary/aromatic N) is 3. The van der Waals surface area contributed by atoms with Crippen LogP contribution in [-0.4, -0.2) is 26.4 Å². The summed E-state index contributed by atoms with van der Waals surface area (Å²) in [5, 5.41) is 11.8. The SMILES string of the molecule is CCn1c(SCC(=O)Nc2ccc(Br)cc2F)nnc1-c1ccccc1C. The Morgan fingerprint density at radius 1 is 1.26 bits per heavy atom. The molecule has 0 aliphatic heterocycles. The molecule has 0 spiro atoms. The van der Waals surface area contributed by atoms with E-state index in [0.717, 1.165) is 17.0 Å². The number of halogens is 2. The number of carbonyl (C=O) groups is 1. The van der Waals surface area contributed by atoms with E-state index in [1.807, 2.05) is 42.7 Å². The first-order valence-corrected chi connectivity index (χ1v) is 10.1. The van der Waals surface area contributed by atoms with E-state index in [-0.39, 0.29) is 17.3 Å². The van der Waals surface area contributed by atoms with Gasteiger partial charge in [0.15, 0.2) is 11.0 Å². The monoisotopic (exact) mass is 448 g/mol. The number of anilines is 1. The average molecular weight is 449 g/mol. The first kappa shape index (κ1) is 19.6. The van der Waals surface area contributed by atoms with Crippen molar-refractivity contribution in [3.05, 3.63) is 58.3 Å². The fourth-order valence-corrected chi connectivity index (χ4v) is 3.75. The van der Waals surface area contributed by atoms with Gasteiger partial charge in [0, 0.05) is 16.6 Å². The molecule has 0 aliphatic rings. The van der Waals surface area contributed by atoms with Gasteiger partial charge in [-0.2, -0.15) is 0 Å². The van der Waals surface area contributed by atoms with E-state index < -0.39 is 5.82 Å². The zero-order valence-corrected chi connectivity index (χ0v) is 17.3. The summed E-state index contributed by atoms with van der Waals surface area (Å²) in [6, 6.07) is 12.5. The molecule has 0 fully saturated rings. The molecule has 0 saturated carbocycles. The minimum Gasteiger partial charge on any atom is -0.323 e. The van der Waals surface area contributed by atoms with Crippen LogP contribution in [0, 0.1) is 12.7 Å². The van der Waals surface area contributed by atoms with Crippen LogP contribution in [0.15, 0.2) is 52.1 Å². The molecule has 0 bridgehead atoms. The quantitative estimate of drug-likeness (QED) is 0.544. The summed E-state index contributed by atoms with van der Waals surface area (Å²) >= 11 is 4.47. The molecule has 0 unspecified atom stereocenters. The Labute approximate surface area is 169 Å². The van der Waals surface area contributed by atoms with E-state index in [4.69, 9.17) is 0 Å². The van der Waals surface area contributed by atoms with E-state index >= 15 is 0 Å². The average Bonchev–Trinajstić information content (AvgIpc) is 3.05. The van der Waals surface area contributed by atoms with E-state index in [0.29, 0.717) is 16.2 Å². The number of amides is 1. The van der Waals surface area contributed by atoms with Crippen LogP contribution in [-0.2, 0) is 11.3 Å². The normalized spacial score (nSPS) is 10.8. The molecule has 1 heterocycles. The third kappa shape index (κ3) is 4.56. The number of thioether (sulfide) groups is 1. The van der Waals surface area contributed by atoms with Crippen molar-refractivity contribution in [3.63, 3.8) is 0 Å². The van der Waals surface area contributed by atoms with Crippen molar-refractivity contribution < 1.29 is 9.18 Å². The smallest absolute Gasteiger partial charge is 0.234 e. The molecule has 5 nitrogen and oxygen atoms in total. The highest BCUT2D eigenvalue weighted by Crippen LogP contribution is 2.26. The van der Waals surface area contributed by atoms with Gasteiger partial charge in [-0.1, -0.05) is 52.0 Å². The molecule has 3 aromatic rings. The molecule has 27 heavy (non-hydrogen) atoms. The largest absolute Gasteiger partial charge is 0.323 e. The van der Waals surface area contributed by atoms with Crippen LogP contribution in [0.3, 0.4) is 0 Å². The van der Waals surface area contributed by atoms with Crippen molar-refractivity contribution in [1.82, 2.24) is 14.8 Å². The molecule has 0 radical (unpaired) electrons. The maximum absolute atomic E-state index is 13.8. The van der Waals surface area contributed by atoms with Gasteiger partial charge in [-0.3, -0.25) is 4.79 Å². The number of carbonyl (C=O) groups excluding carboxylic acids is 1. The second kappa shape index (κ2) is 8.67. The van der Waals surface area contributed by atoms with E-state index in [9.17, 15) is 9.18 Å². The summed E-state index contributed by atoms with van der Waals surface area (Å²) in [7, 11) is 0. The third-order valence-electron chi connectivity index (χ3n) is 3.96. The summed E-state index contributed by atoms with van der Waals surface area (Å²) in [6.45, 7) is 4.71. The van der Waals surface area contributed by atoms with Crippen LogP contribution in [0.25, 0.3) is 11.4 Å². The topological polar surface area (TPSA) is 59.8 Å². The van der Waals surface area contributed by atoms with Crippen LogP contribution < -0.4 is 5.32 Å². The number of hydrogen-bond acceptors (Lipinski definition) is 4. The zero-order chi connectivity index (χ0) is 19.4. The van der Waals surface area contributed by atoms with Crippen LogP contribution in [0.4, 0.5) is 10.1 Å². The Morgan fingerprint density at radius 2 is 2.04 bits per heavy atom. The predicted molar refractivity (Wildman–Crippen MR) is 109 cm³/mol. The number of benzene rings is 2. The van der Waals surface area contributed by atoms with Crippen LogP contribution in [0.5, 0.6) is 0 Å².